The molecule has 2 rings (SSSR count). The van der Waals surface area contributed by atoms with Crippen molar-refractivity contribution in [3.8, 4) is 5.75 Å². The molecule has 0 aliphatic heterocycles. The second-order valence-electron chi connectivity index (χ2n) is 3.49. The molecule has 1 aromatic heterocycles. The van der Waals surface area contributed by atoms with E-state index in [4.69, 9.17) is 9.15 Å². The fourth-order valence-electron chi connectivity index (χ4n) is 1.28. The van der Waals surface area contributed by atoms with Crippen LogP contribution in [0, 0.1) is 19.7 Å². The van der Waals surface area contributed by atoms with Gasteiger partial charge in [0.25, 0.3) is 0 Å². The SMILES string of the molecule is Cc1nc(COc2ccc(F)cc2)oc1C. The van der Waals surface area contributed by atoms with Crippen molar-refractivity contribution in [1.82, 2.24) is 4.98 Å². The average Bonchev–Trinajstić information content (AvgIpc) is 2.58. The minimum Gasteiger partial charge on any atom is -0.484 e. The van der Waals surface area contributed by atoms with Crippen LogP contribution in [-0.2, 0) is 6.61 Å². The first-order chi connectivity index (χ1) is 7.65. The molecule has 0 bridgehead atoms. The highest BCUT2D eigenvalue weighted by Gasteiger charge is 2.05. The Balaban J connectivity index is 1.99. The third kappa shape index (κ3) is 2.39. The molecule has 0 atom stereocenters. The van der Waals surface area contributed by atoms with E-state index in [1.54, 1.807) is 12.1 Å². The molecule has 84 valence electrons. The van der Waals surface area contributed by atoms with Crippen LogP contribution < -0.4 is 4.74 Å². The molecule has 0 aliphatic carbocycles. The number of benzene rings is 1. The number of ether oxygens (including phenoxy) is 1. The molecule has 0 saturated carbocycles. The van der Waals surface area contributed by atoms with Crippen molar-refractivity contribution in [2.24, 2.45) is 0 Å². The van der Waals surface area contributed by atoms with Crippen LogP contribution >= 0.6 is 0 Å². The lowest BCUT2D eigenvalue weighted by molar-refractivity contribution is 0.260. The maximum atomic E-state index is 12.6. The summed E-state index contributed by atoms with van der Waals surface area (Å²) >= 11 is 0. The first-order valence-electron chi connectivity index (χ1n) is 4.96. The predicted octanol–water partition coefficient (Wildman–Crippen LogP) is 3.01. The van der Waals surface area contributed by atoms with Crippen LogP contribution in [0.15, 0.2) is 28.7 Å². The normalized spacial score (nSPS) is 10.4. The number of nitrogens with zero attached hydrogens (tertiary/aromatic N) is 1. The fraction of sp³-hybridized carbons (Fsp3) is 0.250. The molecule has 1 aromatic carbocycles. The van der Waals surface area contributed by atoms with Crippen LogP contribution in [0.3, 0.4) is 0 Å². The Hall–Kier alpha value is -1.84. The molecule has 4 heteroatoms. The molecule has 0 unspecified atom stereocenters. The van der Waals surface area contributed by atoms with Gasteiger partial charge in [0, 0.05) is 0 Å². The quantitative estimate of drug-likeness (QED) is 0.799. The molecule has 0 saturated heterocycles. The van der Waals surface area contributed by atoms with E-state index < -0.39 is 0 Å². The molecule has 0 spiro atoms. The smallest absolute Gasteiger partial charge is 0.232 e. The highest BCUT2D eigenvalue weighted by molar-refractivity contribution is 5.22. The van der Waals surface area contributed by atoms with Crippen LogP contribution in [0.4, 0.5) is 4.39 Å². The number of hydrogen-bond acceptors (Lipinski definition) is 3. The van der Waals surface area contributed by atoms with Gasteiger partial charge >= 0.3 is 0 Å². The van der Waals surface area contributed by atoms with Crippen LogP contribution in [0.5, 0.6) is 5.75 Å². The van der Waals surface area contributed by atoms with E-state index in [1.807, 2.05) is 13.8 Å². The molecule has 1 heterocycles. The van der Waals surface area contributed by atoms with Gasteiger partial charge in [0.05, 0.1) is 5.69 Å². The molecule has 0 aliphatic rings. The van der Waals surface area contributed by atoms with Gasteiger partial charge in [-0.15, -0.1) is 0 Å². The summed E-state index contributed by atoms with van der Waals surface area (Å²) in [6.45, 7) is 3.98. The van der Waals surface area contributed by atoms with E-state index in [-0.39, 0.29) is 12.4 Å². The van der Waals surface area contributed by atoms with Crippen LogP contribution in [0.25, 0.3) is 0 Å². The molecule has 0 amide bonds. The Morgan fingerprint density at radius 1 is 1.25 bits per heavy atom. The van der Waals surface area contributed by atoms with E-state index in [9.17, 15) is 4.39 Å². The zero-order valence-corrected chi connectivity index (χ0v) is 9.16. The summed E-state index contributed by atoms with van der Waals surface area (Å²) in [5, 5.41) is 0. The number of halogens is 1. The first-order valence-corrected chi connectivity index (χ1v) is 4.96. The van der Waals surface area contributed by atoms with Crippen molar-refractivity contribution in [3.05, 3.63) is 47.4 Å². The topological polar surface area (TPSA) is 35.3 Å². The zero-order valence-electron chi connectivity index (χ0n) is 9.16. The summed E-state index contributed by atoms with van der Waals surface area (Å²) in [5.74, 6) is 1.63. The third-order valence-corrected chi connectivity index (χ3v) is 2.25. The Bertz CT molecular complexity index is 457. The van der Waals surface area contributed by atoms with Gasteiger partial charge in [-0.2, -0.15) is 0 Å². The molecule has 3 nitrogen and oxygen atoms in total. The molecular weight excluding hydrogens is 209 g/mol. The van der Waals surface area contributed by atoms with Crippen LogP contribution in [-0.4, -0.2) is 4.98 Å². The van der Waals surface area contributed by atoms with Gasteiger partial charge in [0.15, 0.2) is 6.61 Å². The maximum absolute atomic E-state index is 12.6. The van der Waals surface area contributed by atoms with Gasteiger partial charge in [-0.05, 0) is 38.1 Å². The second-order valence-corrected chi connectivity index (χ2v) is 3.49. The Labute approximate surface area is 92.9 Å². The van der Waals surface area contributed by atoms with Crippen LogP contribution in [0.2, 0.25) is 0 Å². The molecule has 0 N–H and O–H groups in total. The number of rotatable bonds is 3. The lowest BCUT2D eigenvalue weighted by atomic mass is 10.3. The van der Waals surface area contributed by atoms with Crippen molar-refractivity contribution in [2.75, 3.05) is 0 Å². The molecule has 2 aromatic rings. The van der Waals surface area contributed by atoms with E-state index in [2.05, 4.69) is 4.98 Å². The number of aromatic nitrogens is 1. The summed E-state index contributed by atoms with van der Waals surface area (Å²) in [7, 11) is 0. The lowest BCUT2D eigenvalue weighted by Crippen LogP contribution is -1.95. The fourth-order valence-corrected chi connectivity index (χ4v) is 1.28. The number of hydrogen-bond donors (Lipinski definition) is 0. The molecule has 0 fully saturated rings. The van der Waals surface area contributed by atoms with Crippen LogP contribution in [0.1, 0.15) is 17.3 Å². The van der Waals surface area contributed by atoms with Crippen molar-refractivity contribution in [2.45, 2.75) is 20.5 Å². The largest absolute Gasteiger partial charge is 0.484 e. The number of aryl methyl sites for hydroxylation is 2. The van der Waals surface area contributed by atoms with Gasteiger partial charge in [-0.3, -0.25) is 0 Å². The maximum Gasteiger partial charge on any atom is 0.232 e. The molecule has 16 heavy (non-hydrogen) atoms. The first kappa shape index (κ1) is 10.7. The monoisotopic (exact) mass is 221 g/mol. The Kier molecular flexibility index (Phi) is 2.90. The standard InChI is InChI=1S/C12H12FNO2/c1-8-9(2)16-12(14-8)7-15-11-5-3-10(13)4-6-11/h3-6H,7H2,1-2H3. The molecular formula is C12H12FNO2. The minimum atomic E-state index is -0.282. The van der Waals surface area contributed by atoms with E-state index in [0.717, 1.165) is 11.5 Å². The van der Waals surface area contributed by atoms with E-state index in [1.165, 1.54) is 12.1 Å². The van der Waals surface area contributed by atoms with Crippen molar-refractivity contribution >= 4 is 0 Å². The molecule has 0 radical (unpaired) electrons. The van der Waals surface area contributed by atoms with Crippen molar-refractivity contribution < 1.29 is 13.5 Å². The Morgan fingerprint density at radius 2 is 1.94 bits per heavy atom. The predicted molar refractivity (Wildman–Crippen MR) is 56.7 cm³/mol. The van der Waals surface area contributed by atoms with Crippen molar-refractivity contribution in [1.29, 1.82) is 0 Å². The highest BCUT2D eigenvalue weighted by Crippen LogP contribution is 2.14. The highest BCUT2D eigenvalue weighted by atomic mass is 19.1. The van der Waals surface area contributed by atoms with E-state index in [0.29, 0.717) is 11.6 Å². The van der Waals surface area contributed by atoms with Gasteiger partial charge in [-0.1, -0.05) is 0 Å². The summed E-state index contributed by atoms with van der Waals surface area (Å²) in [6, 6.07) is 5.83. The number of oxazole rings is 1. The summed E-state index contributed by atoms with van der Waals surface area (Å²) in [4.78, 5) is 4.18. The minimum absolute atomic E-state index is 0.250. The zero-order chi connectivity index (χ0) is 11.5. The average molecular weight is 221 g/mol. The summed E-state index contributed by atoms with van der Waals surface area (Å²) in [6.07, 6.45) is 0. The lowest BCUT2D eigenvalue weighted by Gasteiger charge is -2.02. The Morgan fingerprint density at radius 3 is 2.50 bits per heavy atom. The second kappa shape index (κ2) is 4.35. The van der Waals surface area contributed by atoms with Gasteiger partial charge in [0.2, 0.25) is 5.89 Å². The van der Waals surface area contributed by atoms with Crippen molar-refractivity contribution in [3.63, 3.8) is 0 Å². The van der Waals surface area contributed by atoms with Gasteiger partial charge in [-0.25, -0.2) is 9.37 Å². The van der Waals surface area contributed by atoms with E-state index >= 15 is 0 Å². The third-order valence-electron chi connectivity index (χ3n) is 2.25. The summed E-state index contributed by atoms with van der Waals surface area (Å²) < 4.78 is 23.4. The van der Waals surface area contributed by atoms with Gasteiger partial charge < -0.3 is 9.15 Å². The summed E-state index contributed by atoms with van der Waals surface area (Å²) in [5.41, 5.74) is 0.859. The van der Waals surface area contributed by atoms with Gasteiger partial charge in [0.1, 0.15) is 17.3 Å².